The first-order chi connectivity index (χ1) is 7.40. The Morgan fingerprint density at radius 1 is 1.20 bits per heavy atom. The summed E-state index contributed by atoms with van der Waals surface area (Å²) in [6, 6.07) is 12.2. The third-order valence-electron chi connectivity index (χ3n) is 2.35. The molecule has 1 heterocycles. The van der Waals surface area contributed by atoms with Crippen molar-refractivity contribution in [3.8, 4) is 0 Å². The highest BCUT2D eigenvalue weighted by molar-refractivity contribution is 5.42. The Morgan fingerprint density at radius 3 is 2.73 bits per heavy atom. The highest BCUT2D eigenvalue weighted by Crippen LogP contribution is 2.07. The van der Waals surface area contributed by atoms with E-state index < -0.39 is 0 Å². The van der Waals surface area contributed by atoms with Gasteiger partial charge in [-0.2, -0.15) is 5.10 Å². The van der Waals surface area contributed by atoms with Gasteiger partial charge in [-0.3, -0.25) is 4.68 Å². The molecule has 0 fully saturated rings. The van der Waals surface area contributed by atoms with E-state index in [0.29, 0.717) is 0 Å². The summed E-state index contributed by atoms with van der Waals surface area (Å²) in [6.45, 7) is 3.83. The van der Waals surface area contributed by atoms with Crippen molar-refractivity contribution >= 4 is 5.69 Å². The minimum Gasteiger partial charge on any atom is -0.379 e. The number of rotatable bonds is 4. The van der Waals surface area contributed by atoms with Gasteiger partial charge < -0.3 is 5.32 Å². The molecule has 0 aliphatic carbocycles. The molecule has 0 saturated carbocycles. The van der Waals surface area contributed by atoms with E-state index in [1.807, 2.05) is 35.1 Å². The highest BCUT2D eigenvalue weighted by atomic mass is 15.3. The largest absolute Gasteiger partial charge is 0.379 e. The lowest BCUT2D eigenvalue weighted by Gasteiger charge is -2.07. The molecule has 1 N–H and O–H groups in total. The van der Waals surface area contributed by atoms with Gasteiger partial charge in [-0.15, -0.1) is 0 Å². The molecule has 2 rings (SSSR count). The van der Waals surface area contributed by atoms with Crippen LogP contribution in [0, 0.1) is 0 Å². The van der Waals surface area contributed by atoms with E-state index in [-0.39, 0.29) is 0 Å². The summed E-state index contributed by atoms with van der Waals surface area (Å²) in [6.07, 6.45) is 1.84. The van der Waals surface area contributed by atoms with E-state index in [9.17, 15) is 0 Å². The third kappa shape index (κ3) is 2.37. The fraction of sp³-hybridized carbons (Fsp3) is 0.250. The van der Waals surface area contributed by atoms with Crippen LogP contribution >= 0.6 is 0 Å². The summed E-state index contributed by atoms with van der Waals surface area (Å²) in [4.78, 5) is 0. The second-order valence-corrected chi connectivity index (χ2v) is 3.36. The fourth-order valence-electron chi connectivity index (χ4n) is 1.54. The Kier molecular flexibility index (Phi) is 3.02. The first-order valence-corrected chi connectivity index (χ1v) is 5.19. The molecule has 0 spiro atoms. The number of nitrogens with zero attached hydrogens (tertiary/aromatic N) is 2. The Bertz CT molecular complexity index is 406. The first kappa shape index (κ1) is 9.77. The summed E-state index contributed by atoms with van der Waals surface area (Å²) in [5.41, 5.74) is 2.35. The first-order valence-electron chi connectivity index (χ1n) is 5.19. The molecule has 0 amide bonds. The van der Waals surface area contributed by atoms with Crippen molar-refractivity contribution in [3.05, 3.63) is 48.3 Å². The minimum absolute atomic E-state index is 0.817. The van der Waals surface area contributed by atoms with Crippen LogP contribution in [0.5, 0.6) is 0 Å². The number of anilines is 1. The van der Waals surface area contributed by atoms with Crippen molar-refractivity contribution in [2.24, 2.45) is 0 Å². The lowest BCUT2D eigenvalue weighted by Crippen LogP contribution is -2.07. The summed E-state index contributed by atoms with van der Waals surface area (Å²) in [5, 5.41) is 7.58. The molecule has 2 aromatic rings. The van der Waals surface area contributed by atoms with Crippen molar-refractivity contribution in [3.63, 3.8) is 0 Å². The Labute approximate surface area is 89.7 Å². The predicted octanol–water partition coefficient (Wildman–Crippen LogP) is 2.52. The number of nitrogens with one attached hydrogen (secondary N) is 1. The van der Waals surface area contributed by atoms with Crippen LogP contribution in [0.4, 0.5) is 5.69 Å². The molecule has 15 heavy (non-hydrogen) atoms. The van der Waals surface area contributed by atoms with Gasteiger partial charge >= 0.3 is 0 Å². The van der Waals surface area contributed by atoms with Crippen molar-refractivity contribution in [1.29, 1.82) is 0 Å². The van der Waals surface area contributed by atoms with Gasteiger partial charge in [0.15, 0.2) is 0 Å². The number of aryl methyl sites for hydroxylation is 1. The number of hydrogen-bond acceptors (Lipinski definition) is 2. The topological polar surface area (TPSA) is 29.9 Å². The monoisotopic (exact) mass is 201 g/mol. The summed E-state index contributed by atoms with van der Waals surface area (Å²) in [7, 11) is 0. The smallest absolute Gasteiger partial charge is 0.0575 e. The fourth-order valence-corrected chi connectivity index (χ4v) is 1.54. The van der Waals surface area contributed by atoms with Gasteiger partial charge in [-0.1, -0.05) is 18.2 Å². The third-order valence-corrected chi connectivity index (χ3v) is 2.35. The molecule has 0 bridgehead atoms. The number of aromatic nitrogens is 2. The van der Waals surface area contributed by atoms with E-state index >= 15 is 0 Å². The van der Waals surface area contributed by atoms with E-state index in [1.165, 1.54) is 5.69 Å². The van der Waals surface area contributed by atoms with Gasteiger partial charge in [0, 0.05) is 18.4 Å². The molecule has 1 aromatic heterocycles. The molecule has 0 radical (unpaired) electrons. The van der Waals surface area contributed by atoms with Crippen LogP contribution in [-0.4, -0.2) is 9.78 Å². The maximum atomic E-state index is 4.22. The molecule has 3 heteroatoms. The molecule has 0 unspecified atom stereocenters. The average molecular weight is 201 g/mol. The molecular weight excluding hydrogens is 186 g/mol. The summed E-state index contributed by atoms with van der Waals surface area (Å²) in [5.74, 6) is 0. The molecule has 1 aromatic carbocycles. The minimum atomic E-state index is 0.817. The van der Waals surface area contributed by atoms with Crippen LogP contribution in [0.1, 0.15) is 12.6 Å². The predicted molar refractivity (Wildman–Crippen MR) is 61.7 cm³/mol. The average Bonchev–Trinajstić information content (AvgIpc) is 2.75. The number of para-hydroxylation sites is 1. The van der Waals surface area contributed by atoms with E-state index in [0.717, 1.165) is 18.8 Å². The van der Waals surface area contributed by atoms with Crippen molar-refractivity contribution in [1.82, 2.24) is 9.78 Å². The molecule has 0 atom stereocenters. The SMILES string of the molecule is CCn1nccc1CNc1ccccc1. The van der Waals surface area contributed by atoms with Crippen molar-refractivity contribution in [2.45, 2.75) is 20.0 Å². The van der Waals surface area contributed by atoms with Gasteiger partial charge in [0.1, 0.15) is 0 Å². The standard InChI is InChI=1S/C12H15N3/c1-2-15-12(8-9-14-15)10-13-11-6-4-3-5-7-11/h3-9,13H,2,10H2,1H3. The van der Waals surface area contributed by atoms with Crippen LogP contribution in [0.15, 0.2) is 42.6 Å². The number of hydrogen-bond donors (Lipinski definition) is 1. The van der Waals surface area contributed by atoms with Gasteiger partial charge in [0.05, 0.1) is 12.2 Å². The Hall–Kier alpha value is -1.77. The van der Waals surface area contributed by atoms with E-state index in [1.54, 1.807) is 0 Å². The van der Waals surface area contributed by atoms with Crippen LogP contribution in [-0.2, 0) is 13.1 Å². The molecule has 0 aliphatic heterocycles. The summed E-state index contributed by atoms with van der Waals surface area (Å²) < 4.78 is 2.00. The Morgan fingerprint density at radius 2 is 2.00 bits per heavy atom. The quantitative estimate of drug-likeness (QED) is 0.823. The zero-order valence-corrected chi connectivity index (χ0v) is 8.85. The van der Waals surface area contributed by atoms with Crippen LogP contribution in [0.25, 0.3) is 0 Å². The van der Waals surface area contributed by atoms with Gasteiger partial charge in [0.25, 0.3) is 0 Å². The summed E-state index contributed by atoms with van der Waals surface area (Å²) >= 11 is 0. The van der Waals surface area contributed by atoms with E-state index in [2.05, 4.69) is 29.5 Å². The van der Waals surface area contributed by atoms with Crippen LogP contribution in [0.2, 0.25) is 0 Å². The highest BCUT2D eigenvalue weighted by Gasteiger charge is 1.99. The van der Waals surface area contributed by atoms with Gasteiger partial charge in [-0.25, -0.2) is 0 Å². The van der Waals surface area contributed by atoms with Crippen LogP contribution < -0.4 is 5.32 Å². The molecule has 0 saturated heterocycles. The molecular formula is C12H15N3. The van der Waals surface area contributed by atoms with Gasteiger partial charge in [-0.05, 0) is 25.1 Å². The maximum Gasteiger partial charge on any atom is 0.0575 e. The maximum absolute atomic E-state index is 4.22. The van der Waals surface area contributed by atoms with E-state index in [4.69, 9.17) is 0 Å². The lowest BCUT2D eigenvalue weighted by molar-refractivity contribution is 0.627. The zero-order valence-electron chi connectivity index (χ0n) is 8.85. The molecule has 0 aliphatic rings. The second kappa shape index (κ2) is 4.64. The van der Waals surface area contributed by atoms with Crippen LogP contribution in [0.3, 0.4) is 0 Å². The van der Waals surface area contributed by atoms with Gasteiger partial charge in [0.2, 0.25) is 0 Å². The normalized spacial score (nSPS) is 10.2. The molecule has 78 valence electrons. The second-order valence-electron chi connectivity index (χ2n) is 3.36. The van der Waals surface area contributed by atoms with Crippen molar-refractivity contribution < 1.29 is 0 Å². The number of benzene rings is 1. The lowest BCUT2D eigenvalue weighted by atomic mass is 10.3. The molecule has 3 nitrogen and oxygen atoms in total. The Balaban J connectivity index is 1.99. The zero-order chi connectivity index (χ0) is 10.5. The van der Waals surface area contributed by atoms with Crippen molar-refractivity contribution in [2.75, 3.05) is 5.32 Å².